The van der Waals surface area contributed by atoms with Crippen molar-refractivity contribution in [2.24, 2.45) is 0 Å². The third kappa shape index (κ3) is 3.09. The van der Waals surface area contributed by atoms with E-state index in [1.807, 2.05) is 0 Å². The fourth-order valence-corrected chi connectivity index (χ4v) is 4.24. The van der Waals surface area contributed by atoms with Crippen LogP contribution in [0.2, 0.25) is 0 Å². The second-order valence-electron chi connectivity index (χ2n) is 5.86. The molecule has 0 saturated carbocycles. The van der Waals surface area contributed by atoms with Gasteiger partial charge in [0, 0.05) is 11.3 Å². The van der Waals surface area contributed by atoms with E-state index in [4.69, 9.17) is 4.74 Å². The van der Waals surface area contributed by atoms with Crippen molar-refractivity contribution < 1.29 is 4.74 Å². The summed E-state index contributed by atoms with van der Waals surface area (Å²) in [5, 5.41) is 3.42. The van der Waals surface area contributed by atoms with Crippen molar-refractivity contribution >= 4 is 11.8 Å². The van der Waals surface area contributed by atoms with E-state index >= 15 is 0 Å². The molecule has 3 rings (SSSR count). The number of rotatable bonds is 3. The zero-order valence-corrected chi connectivity index (χ0v) is 12.5. The lowest BCUT2D eigenvalue weighted by Gasteiger charge is -2.33. The molecule has 104 valence electrons. The lowest BCUT2D eigenvalue weighted by atomic mass is 10.00. The maximum atomic E-state index is 6.20. The fourth-order valence-electron chi connectivity index (χ4n) is 2.97. The monoisotopic (exact) mass is 277 g/mol. The lowest BCUT2D eigenvalue weighted by Crippen LogP contribution is -2.32. The van der Waals surface area contributed by atoms with Crippen molar-refractivity contribution in [3.8, 4) is 5.75 Å². The Hall–Kier alpha value is -0.670. The molecule has 2 heterocycles. The third-order valence-electron chi connectivity index (χ3n) is 4.18. The van der Waals surface area contributed by atoms with Crippen LogP contribution in [-0.4, -0.2) is 23.7 Å². The minimum atomic E-state index is 0.313. The van der Waals surface area contributed by atoms with Crippen molar-refractivity contribution in [1.29, 1.82) is 0 Å². The molecule has 0 bridgehead atoms. The Bertz CT molecular complexity index is 440. The molecule has 0 spiro atoms. The molecule has 0 radical (unpaired) electrons. The lowest BCUT2D eigenvalue weighted by molar-refractivity contribution is 0.263. The minimum absolute atomic E-state index is 0.313. The van der Waals surface area contributed by atoms with Crippen molar-refractivity contribution in [3.63, 3.8) is 0 Å². The predicted octanol–water partition coefficient (Wildman–Crippen LogP) is 3.39. The highest BCUT2D eigenvalue weighted by Crippen LogP contribution is 2.37. The van der Waals surface area contributed by atoms with Gasteiger partial charge in [0.25, 0.3) is 0 Å². The molecule has 1 unspecified atom stereocenters. The number of thioether (sulfide) groups is 1. The molecule has 2 nitrogen and oxygen atoms in total. The van der Waals surface area contributed by atoms with Gasteiger partial charge in [0.15, 0.2) is 0 Å². The molecular weight excluding hydrogens is 254 g/mol. The Labute approximate surface area is 120 Å². The highest BCUT2D eigenvalue weighted by atomic mass is 32.2. The molecule has 1 atom stereocenters. The van der Waals surface area contributed by atoms with Crippen molar-refractivity contribution in [2.75, 3.05) is 18.9 Å². The molecular formula is C16H23NOS. The second kappa shape index (κ2) is 5.76. The molecule has 1 aromatic rings. The van der Waals surface area contributed by atoms with Gasteiger partial charge < -0.3 is 10.1 Å². The Balaban J connectivity index is 1.69. The van der Waals surface area contributed by atoms with E-state index < -0.39 is 0 Å². The number of nitrogens with one attached hydrogen (secondary N) is 1. The highest BCUT2D eigenvalue weighted by Gasteiger charge is 2.28. The first-order valence-corrected chi connectivity index (χ1v) is 8.34. The van der Waals surface area contributed by atoms with Crippen LogP contribution in [0.4, 0.5) is 0 Å². The van der Waals surface area contributed by atoms with Crippen LogP contribution in [0.1, 0.15) is 37.3 Å². The first kappa shape index (κ1) is 13.3. The highest BCUT2D eigenvalue weighted by molar-refractivity contribution is 8.00. The Morgan fingerprint density at radius 3 is 3.16 bits per heavy atom. The Morgan fingerprint density at radius 1 is 1.37 bits per heavy atom. The molecule has 2 aliphatic heterocycles. The molecule has 0 amide bonds. The summed E-state index contributed by atoms with van der Waals surface area (Å²) in [6, 6.07) is 6.48. The summed E-state index contributed by atoms with van der Waals surface area (Å²) >= 11 is 2.08. The van der Waals surface area contributed by atoms with Gasteiger partial charge in [-0.05, 0) is 55.7 Å². The van der Waals surface area contributed by atoms with Gasteiger partial charge in [0.2, 0.25) is 0 Å². The van der Waals surface area contributed by atoms with Crippen LogP contribution >= 0.6 is 11.8 Å². The number of ether oxygens (including phenoxy) is 1. The number of fused-ring (bicyclic) bond motifs is 1. The molecule has 1 fully saturated rings. The molecule has 2 aliphatic rings. The van der Waals surface area contributed by atoms with E-state index in [2.05, 4.69) is 42.2 Å². The fraction of sp³-hybridized carbons (Fsp3) is 0.625. The summed E-state index contributed by atoms with van der Waals surface area (Å²) in [6.07, 6.45) is 5.10. The summed E-state index contributed by atoms with van der Waals surface area (Å²) in [4.78, 5) is 0. The molecule has 0 aromatic heterocycles. The summed E-state index contributed by atoms with van der Waals surface area (Å²) in [5.74, 6) is 2.41. The topological polar surface area (TPSA) is 21.3 Å². The van der Waals surface area contributed by atoms with Gasteiger partial charge in [-0.2, -0.15) is 11.8 Å². The summed E-state index contributed by atoms with van der Waals surface area (Å²) in [6.45, 7) is 5.26. The molecule has 1 aromatic carbocycles. The van der Waals surface area contributed by atoms with Gasteiger partial charge in [-0.1, -0.05) is 18.6 Å². The van der Waals surface area contributed by atoms with Gasteiger partial charge in [-0.15, -0.1) is 0 Å². The quantitative estimate of drug-likeness (QED) is 0.915. The average Bonchev–Trinajstić information content (AvgIpc) is 2.46. The zero-order chi connectivity index (χ0) is 13.1. The molecule has 0 aliphatic carbocycles. The smallest absolute Gasteiger partial charge is 0.122 e. The van der Waals surface area contributed by atoms with E-state index in [-0.39, 0.29) is 0 Å². The number of hydrogen-bond acceptors (Lipinski definition) is 3. The zero-order valence-electron chi connectivity index (χ0n) is 11.7. The van der Waals surface area contributed by atoms with Crippen LogP contribution in [0.3, 0.4) is 0 Å². The first-order chi connectivity index (χ1) is 9.27. The molecule has 19 heavy (non-hydrogen) atoms. The SMILES string of the molecule is CC1(COc2cccc3c2CCNC3)CCCCS1. The average molecular weight is 277 g/mol. The van der Waals surface area contributed by atoms with Gasteiger partial charge in [0.05, 0.1) is 0 Å². The van der Waals surface area contributed by atoms with Crippen LogP contribution in [-0.2, 0) is 13.0 Å². The van der Waals surface area contributed by atoms with E-state index in [0.717, 1.165) is 31.9 Å². The standard InChI is InChI=1S/C16H23NOS/c1-16(8-2-3-10-19-16)12-18-15-6-4-5-13-11-17-9-7-14(13)15/h4-6,17H,2-3,7-12H2,1H3. The number of benzene rings is 1. The molecule has 3 heteroatoms. The normalized spacial score (nSPS) is 26.8. The van der Waals surface area contributed by atoms with Crippen LogP contribution in [0.5, 0.6) is 5.75 Å². The van der Waals surface area contributed by atoms with Gasteiger partial charge in [-0.25, -0.2) is 0 Å². The summed E-state index contributed by atoms with van der Waals surface area (Å²) in [5.41, 5.74) is 2.83. The van der Waals surface area contributed by atoms with Crippen molar-refractivity contribution in [1.82, 2.24) is 5.32 Å². The molecule has 1 saturated heterocycles. The van der Waals surface area contributed by atoms with Crippen LogP contribution in [0.25, 0.3) is 0 Å². The maximum absolute atomic E-state index is 6.20. The molecule has 1 N–H and O–H groups in total. The maximum Gasteiger partial charge on any atom is 0.122 e. The predicted molar refractivity (Wildman–Crippen MR) is 82.1 cm³/mol. The summed E-state index contributed by atoms with van der Waals surface area (Å²) in [7, 11) is 0. The van der Waals surface area contributed by atoms with Gasteiger partial charge in [-0.3, -0.25) is 0 Å². The largest absolute Gasteiger partial charge is 0.492 e. The number of hydrogen-bond donors (Lipinski definition) is 1. The Kier molecular flexibility index (Phi) is 4.04. The third-order valence-corrected chi connectivity index (χ3v) is 5.69. The van der Waals surface area contributed by atoms with E-state index in [0.29, 0.717) is 4.75 Å². The van der Waals surface area contributed by atoms with Crippen molar-refractivity contribution in [2.45, 2.75) is 43.9 Å². The van der Waals surface area contributed by atoms with Gasteiger partial charge >= 0.3 is 0 Å². The minimum Gasteiger partial charge on any atom is -0.492 e. The first-order valence-electron chi connectivity index (χ1n) is 7.35. The van der Waals surface area contributed by atoms with Crippen LogP contribution < -0.4 is 10.1 Å². The summed E-state index contributed by atoms with van der Waals surface area (Å²) < 4.78 is 6.51. The van der Waals surface area contributed by atoms with E-state index in [9.17, 15) is 0 Å². The van der Waals surface area contributed by atoms with E-state index in [1.54, 1.807) is 0 Å². The second-order valence-corrected chi connectivity index (χ2v) is 7.55. The van der Waals surface area contributed by atoms with Crippen LogP contribution in [0.15, 0.2) is 18.2 Å². The van der Waals surface area contributed by atoms with Gasteiger partial charge in [0.1, 0.15) is 12.4 Å². The Morgan fingerprint density at radius 2 is 2.32 bits per heavy atom. The van der Waals surface area contributed by atoms with Crippen molar-refractivity contribution in [3.05, 3.63) is 29.3 Å². The van der Waals surface area contributed by atoms with Crippen LogP contribution in [0, 0.1) is 0 Å². The van der Waals surface area contributed by atoms with E-state index in [1.165, 1.54) is 36.1 Å².